The number of likely N-dealkylation sites (N-methyl/N-ethyl adjacent to an activating group) is 1. The van der Waals surface area contributed by atoms with Crippen LogP contribution in [0.15, 0.2) is 23.1 Å². The van der Waals surface area contributed by atoms with E-state index in [0.717, 1.165) is 6.54 Å². The molecule has 1 unspecified atom stereocenters. The maximum atomic E-state index is 12.4. The number of sulfonamides is 1. The van der Waals surface area contributed by atoms with Gasteiger partial charge in [-0.1, -0.05) is 18.5 Å². The number of hydrogen-bond donors (Lipinski definition) is 2. The molecule has 134 valence electrons. The van der Waals surface area contributed by atoms with Gasteiger partial charge in [0, 0.05) is 25.2 Å². The minimum atomic E-state index is -3.69. The van der Waals surface area contributed by atoms with Gasteiger partial charge in [-0.15, -0.1) is 12.4 Å². The van der Waals surface area contributed by atoms with Gasteiger partial charge in [-0.05, 0) is 31.7 Å². The van der Waals surface area contributed by atoms with Gasteiger partial charge in [0.1, 0.15) is 16.7 Å². The van der Waals surface area contributed by atoms with Crippen LogP contribution in [0.1, 0.15) is 13.8 Å². The lowest BCUT2D eigenvalue weighted by Crippen LogP contribution is -2.32. The van der Waals surface area contributed by atoms with E-state index in [4.69, 9.17) is 21.1 Å². The van der Waals surface area contributed by atoms with Gasteiger partial charge in [0.2, 0.25) is 10.0 Å². The summed E-state index contributed by atoms with van der Waals surface area (Å²) in [7, 11) is -2.14. The summed E-state index contributed by atoms with van der Waals surface area (Å²) in [6.07, 6.45) is -0.276. The van der Waals surface area contributed by atoms with Crippen molar-refractivity contribution < 1.29 is 17.9 Å². The highest BCUT2D eigenvalue weighted by Gasteiger charge is 2.21. The van der Waals surface area contributed by atoms with Crippen LogP contribution in [0.3, 0.4) is 0 Å². The highest BCUT2D eigenvalue weighted by Crippen LogP contribution is 2.28. The van der Waals surface area contributed by atoms with Crippen molar-refractivity contribution >= 4 is 34.0 Å². The first-order valence-corrected chi connectivity index (χ1v) is 8.92. The fourth-order valence-corrected chi connectivity index (χ4v) is 3.23. The zero-order valence-corrected chi connectivity index (χ0v) is 15.9. The van der Waals surface area contributed by atoms with E-state index in [1.165, 1.54) is 6.07 Å². The lowest BCUT2D eigenvalue weighted by molar-refractivity contribution is 0.0901. The second-order valence-corrected chi connectivity index (χ2v) is 6.90. The van der Waals surface area contributed by atoms with E-state index in [1.54, 1.807) is 26.2 Å². The summed E-state index contributed by atoms with van der Waals surface area (Å²) in [5.74, 6) is 0.255. The van der Waals surface area contributed by atoms with Gasteiger partial charge in [-0.3, -0.25) is 0 Å². The van der Waals surface area contributed by atoms with Crippen LogP contribution in [0.25, 0.3) is 0 Å². The summed E-state index contributed by atoms with van der Waals surface area (Å²) >= 11 is 5.92. The Morgan fingerprint density at radius 3 is 2.61 bits per heavy atom. The van der Waals surface area contributed by atoms with E-state index >= 15 is 0 Å². The number of hydrogen-bond acceptors (Lipinski definition) is 5. The third-order valence-electron chi connectivity index (χ3n) is 2.77. The normalized spacial score (nSPS) is 12.5. The lowest BCUT2D eigenvalue weighted by Gasteiger charge is -2.17. The fraction of sp³-hybridized carbons (Fsp3) is 0.571. The van der Waals surface area contributed by atoms with E-state index in [0.29, 0.717) is 18.2 Å². The molecule has 0 amide bonds. The van der Waals surface area contributed by atoms with Gasteiger partial charge < -0.3 is 14.8 Å². The molecule has 0 aliphatic heterocycles. The fourth-order valence-electron chi connectivity index (χ4n) is 1.80. The number of nitrogens with one attached hydrogen (secondary N) is 2. The quantitative estimate of drug-likeness (QED) is 0.601. The van der Waals surface area contributed by atoms with Gasteiger partial charge >= 0.3 is 0 Å². The predicted molar refractivity (Wildman–Crippen MR) is 94.4 cm³/mol. The highest BCUT2D eigenvalue weighted by atomic mass is 35.5. The molecule has 0 fully saturated rings. The second kappa shape index (κ2) is 11.1. The van der Waals surface area contributed by atoms with E-state index in [2.05, 4.69) is 10.0 Å². The van der Waals surface area contributed by atoms with Crippen molar-refractivity contribution in [3.63, 3.8) is 0 Å². The van der Waals surface area contributed by atoms with Gasteiger partial charge in [0.15, 0.2) is 0 Å². The van der Waals surface area contributed by atoms with Gasteiger partial charge in [-0.25, -0.2) is 13.1 Å². The number of benzene rings is 1. The molecule has 9 heteroatoms. The Hall–Kier alpha value is -0.570. The van der Waals surface area contributed by atoms with Crippen molar-refractivity contribution in [3.8, 4) is 5.75 Å². The van der Waals surface area contributed by atoms with Gasteiger partial charge in [0.05, 0.1) is 6.61 Å². The Morgan fingerprint density at radius 1 is 1.30 bits per heavy atom. The molecule has 0 aliphatic carbocycles. The monoisotopic (exact) mass is 386 g/mol. The topological polar surface area (TPSA) is 76.7 Å². The maximum absolute atomic E-state index is 12.4. The summed E-state index contributed by atoms with van der Waals surface area (Å²) in [6, 6.07) is 4.52. The van der Waals surface area contributed by atoms with Gasteiger partial charge in [-0.2, -0.15) is 0 Å². The zero-order chi connectivity index (χ0) is 16.6. The third kappa shape index (κ3) is 7.69. The zero-order valence-electron chi connectivity index (χ0n) is 13.5. The standard InChI is InChI=1S/C14H23ClN2O4S.ClH/c1-4-16-7-8-17-22(18,19)14-9-12(15)5-6-13(14)21-11(2)10-20-3;/h5-6,9,11,16-17H,4,7-8,10H2,1-3H3;1H. The molecule has 2 N–H and O–H groups in total. The number of halogens is 2. The van der Waals surface area contributed by atoms with Crippen LogP contribution in [0.4, 0.5) is 0 Å². The molecule has 1 aromatic carbocycles. The SMILES string of the molecule is CCNCCNS(=O)(=O)c1cc(Cl)ccc1OC(C)COC.Cl. The minimum absolute atomic E-state index is 0. The largest absolute Gasteiger partial charge is 0.487 e. The van der Waals surface area contributed by atoms with Crippen LogP contribution in [-0.2, 0) is 14.8 Å². The first-order chi connectivity index (χ1) is 10.4. The molecule has 0 heterocycles. The molecule has 0 saturated heterocycles. The summed E-state index contributed by atoms with van der Waals surface area (Å²) in [6.45, 7) is 5.72. The molecule has 0 radical (unpaired) electrons. The molecule has 1 rings (SSSR count). The minimum Gasteiger partial charge on any atom is -0.487 e. The Bertz CT molecular complexity index is 570. The summed E-state index contributed by atoms with van der Waals surface area (Å²) in [5, 5.41) is 3.38. The molecule has 0 spiro atoms. The molecule has 1 atom stereocenters. The number of ether oxygens (including phenoxy) is 2. The van der Waals surface area contributed by atoms with E-state index < -0.39 is 10.0 Å². The second-order valence-electron chi connectivity index (χ2n) is 4.73. The predicted octanol–water partition coefficient (Wildman–Crippen LogP) is 2.06. The molecule has 1 aromatic rings. The van der Waals surface area contributed by atoms with Crippen LogP contribution in [0.5, 0.6) is 5.75 Å². The first-order valence-electron chi connectivity index (χ1n) is 7.06. The first kappa shape index (κ1) is 22.4. The van der Waals surface area contributed by atoms with Crippen LogP contribution < -0.4 is 14.8 Å². The Kier molecular flexibility index (Phi) is 10.8. The van der Waals surface area contributed by atoms with Crippen molar-refractivity contribution in [1.29, 1.82) is 0 Å². The van der Waals surface area contributed by atoms with Crippen LogP contribution in [-0.4, -0.2) is 47.9 Å². The van der Waals surface area contributed by atoms with Crippen LogP contribution in [0, 0.1) is 0 Å². The molecule has 0 bridgehead atoms. The summed E-state index contributed by atoms with van der Waals surface area (Å²) in [5.41, 5.74) is 0. The molecular weight excluding hydrogens is 363 g/mol. The maximum Gasteiger partial charge on any atom is 0.244 e. The smallest absolute Gasteiger partial charge is 0.244 e. The Balaban J connectivity index is 0.00000484. The summed E-state index contributed by atoms with van der Waals surface area (Å²) < 4.78 is 37.9. The van der Waals surface area contributed by atoms with Crippen LogP contribution >= 0.6 is 24.0 Å². The average molecular weight is 387 g/mol. The average Bonchev–Trinajstić information content (AvgIpc) is 2.46. The van der Waals surface area contributed by atoms with E-state index in [-0.39, 0.29) is 35.7 Å². The Morgan fingerprint density at radius 2 is 2.00 bits per heavy atom. The van der Waals surface area contributed by atoms with Crippen molar-refractivity contribution in [2.45, 2.75) is 24.8 Å². The third-order valence-corrected chi connectivity index (χ3v) is 4.49. The van der Waals surface area contributed by atoms with E-state index in [9.17, 15) is 8.42 Å². The van der Waals surface area contributed by atoms with Crippen molar-refractivity contribution in [2.75, 3.05) is 33.4 Å². The lowest BCUT2D eigenvalue weighted by atomic mass is 10.3. The highest BCUT2D eigenvalue weighted by molar-refractivity contribution is 7.89. The molecule has 6 nitrogen and oxygen atoms in total. The molecule has 0 saturated carbocycles. The summed E-state index contributed by atoms with van der Waals surface area (Å²) in [4.78, 5) is 0.0273. The van der Waals surface area contributed by atoms with Gasteiger partial charge in [0.25, 0.3) is 0 Å². The molecule has 23 heavy (non-hydrogen) atoms. The molecular formula is C14H24Cl2N2O4S. The van der Waals surface area contributed by atoms with Crippen molar-refractivity contribution in [3.05, 3.63) is 23.2 Å². The Labute approximate surface area is 149 Å². The number of methoxy groups -OCH3 is 1. The number of rotatable bonds is 10. The van der Waals surface area contributed by atoms with E-state index in [1.807, 2.05) is 6.92 Å². The van der Waals surface area contributed by atoms with Crippen molar-refractivity contribution in [2.24, 2.45) is 0 Å². The van der Waals surface area contributed by atoms with Crippen molar-refractivity contribution in [1.82, 2.24) is 10.0 Å². The molecule has 0 aliphatic rings. The molecule has 0 aromatic heterocycles. The van der Waals surface area contributed by atoms with Crippen LogP contribution in [0.2, 0.25) is 5.02 Å².